The third-order valence-electron chi connectivity index (χ3n) is 3.98. The van der Waals surface area contributed by atoms with Gasteiger partial charge in [0.15, 0.2) is 5.76 Å². The van der Waals surface area contributed by atoms with E-state index in [1.165, 1.54) is 5.56 Å². The molecule has 25 heavy (non-hydrogen) atoms. The molecule has 1 amide bonds. The van der Waals surface area contributed by atoms with E-state index in [-0.39, 0.29) is 6.10 Å². The average Bonchev–Trinajstić information content (AvgIpc) is 2.99. The minimum atomic E-state index is -0.522. The maximum Gasteiger partial charge on any atom is 0.407 e. The fourth-order valence-electron chi connectivity index (χ4n) is 2.99. The number of rotatable bonds is 3. The second-order valence-corrected chi connectivity index (χ2v) is 7.10. The zero-order valence-electron chi connectivity index (χ0n) is 14.9. The molecule has 1 aromatic carbocycles. The van der Waals surface area contributed by atoms with E-state index < -0.39 is 11.7 Å². The molecule has 0 spiro atoms. The molecule has 0 saturated heterocycles. The Morgan fingerprint density at radius 1 is 1.36 bits per heavy atom. The number of nitrogens with zero attached hydrogens (tertiary/aromatic N) is 1. The molecule has 1 unspecified atom stereocenters. The fraction of sp³-hybridized carbons (Fsp3) is 0.474. The number of fused-ring (bicyclic) bond motifs is 1. The Labute approximate surface area is 147 Å². The molecule has 3 rings (SSSR count). The minimum Gasteiger partial charge on any atom is -0.444 e. The first-order chi connectivity index (χ1) is 11.9. The Balaban J connectivity index is 1.79. The number of aromatic nitrogens is 1. The van der Waals surface area contributed by atoms with Crippen LogP contribution in [0.25, 0.3) is 11.3 Å². The molecule has 0 aliphatic carbocycles. The molecule has 134 valence electrons. The van der Waals surface area contributed by atoms with Crippen LogP contribution >= 0.6 is 0 Å². The van der Waals surface area contributed by atoms with Gasteiger partial charge in [0, 0.05) is 18.2 Å². The molecule has 2 heterocycles. The van der Waals surface area contributed by atoms with Crippen molar-refractivity contribution in [1.29, 1.82) is 0 Å². The van der Waals surface area contributed by atoms with Crippen molar-refractivity contribution in [2.75, 3.05) is 13.2 Å². The zero-order chi connectivity index (χ0) is 17.9. The number of carbonyl (C=O) groups excluding carboxylic acids is 1. The number of hydrogen-bond acceptors (Lipinski definition) is 5. The number of benzene rings is 1. The lowest BCUT2D eigenvalue weighted by Gasteiger charge is -2.22. The molecule has 0 saturated carbocycles. The molecule has 1 atom stereocenters. The van der Waals surface area contributed by atoms with E-state index in [4.69, 9.17) is 14.0 Å². The van der Waals surface area contributed by atoms with Gasteiger partial charge in [-0.05, 0) is 44.7 Å². The Bertz CT molecular complexity index is 720. The van der Waals surface area contributed by atoms with Gasteiger partial charge in [-0.2, -0.15) is 0 Å². The number of alkyl carbamates (subject to hydrolysis) is 1. The summed E-state index contributed by atoms with van der Waals surface area (Å²) in [4.78, 5) is 11.9. The summed E-state index contributed by atoms with van der Waals surface area (Å²) in [6.07, 6.45) is 2.81. The summed E-state index contributed by atoms with van der Waals surface area (Å²) in [7, 11) is 0. The summed E-state index contributed by atoms with van der Waals surface area (Å²) in [5.41, 5.74) is 2.77. The Morgan fingerprint density at radius 2 is 2.20 bits per heavy atom. The molecule has 1 N–H and O–H groups in total. The van der Waals surface area contributed by atoms with E-state index in [1.807, 2.05) is 45.0 Å². The lowest BCUT2D eigenvalue weighted by atomic mass is 9.93. The zero-order valence-corrected chi connectivity index (χ0v) is 14.9. The monoisotopic (exact) mass is 344 g/mol. The molecule has 1 aromatic heterocycles. The van der Waals surface area contributed by atoms with Gasteiger partial charge in [0.1, 0.15) is 11.7 Å². The van der Waals surface area contributed by atoms with Gasteiger partial charge in [-0.1, -0.05) is 23.4 Å². The van der Waals surface area contributed by atoms with Crippen molar-refractivity contribution in [2.45, 2.75) is 45.3 Å². The quantitative estimate of drug-likeness (QED) is 0.915. The third kappa shape index (κ3) is 4.39. The van der Waals surface area contributed by atoms with Crippen LogP contribution in [-0.4, -0.2) is 30.0 Å². The third-order valence-corrected chi connectivity index (χ3v) is 3.98. The van der Waals surface area contributed by atoms with E-state index in [9.17, 15) is 4.79 Å². The van der Waals surface area contributed by atoms with Crippen LogP contribution in [0, 0.1) is 0 Å². The van der Waals surface area contributed by atoms with E-state index in [0.29, 0.717) is 13.2 Å². The van der Waals surface area contributed by atoms with Gasteiger partial charge in [0.2, 0.25) is 0 Å². The number of carbonyl (C=O) groups is 1. The second-order valence-electron chi connectivity index (χ2n) is 7.10. The van der Waals surface area contributed by atoms with Crippen molar-refractivity contribution in [2.24, 2.45) is 0 Å². The molecule has 1 aliphatic rings. The van der Waals surface area contributed by atoms with Crippen LogP contribution in [-0.2, 0) is 15.9 Å². The summed E-state index contributed by atoms with van der Waals surface area (Å²) in [6.45, 7) is 6.53. The summed E-state index contributed by atoms with van der Waals surface area (Å²) in [5.74, 6) is 0.748. The van der Waals surface area contributed by atoms with Gasteiger partial charge in [0.25, 0.3) is 0 Å². The van der Waals surface area contributed by atoms with Crippen LogP contribution in [0.4, 0.5) is 4.79 Å². The highest BCUT2D eigenvalue weighted by atomic mass is 16.6. The van der Waals surface area contributed by atoms with Crippen LogP contribution < -0.4 is 5.32 Å². The highest BCUT2D eigenvalue weighted by Crippen LogP contribution is 2.33. The first kappa shape index (κ1) is 17.5. The highest BCUT2D eigenvalue weighted by Gasteiger charge is 2.24. The molecule has 1 aliphatic heterocycles. The summed E-state index contributed by atoms with van der Waals surface area (Å²) >= 11 is 0. The number of nitrogens with one attached hydrogen (secondary N) is 1. The van der Waals surface area contributed by atoms with Gasteiger partial charge >= 0.3 is 6.09 Å². The smallest absolute Gasteiger partial charge is 0.407 e. The normalized spacial score (nSPS) is 17.5. The maximum atomic E-state index is 11.9. The van der Waals surface area contributed by atoms with Gasteiger partial charge in [-0.3, -0.25) is 0 Å². The van der Waals surface area contributed by atoms with E-state index in [1.54, 1.807) is 6.20 Å². The topological polar surface area (TPSA) is 73.6 Å². The first-order valence-electron chi connectivity index (χ1n) is 8.55. The minimum absolute atomic E-state index is 0.215. The lowest BCUT2D eigenvalue weighted by molar-refractivity contribution is 0.0359. The fourth-order valence-corrected chi connectivity index (χ4v) is 2.99. The van der Waals surface area contributed by atoms with Crippen molar-refractivity contribution in [3.05, 3.63) is 41.6 Å². The molecular formula is C19H24N2O4. The largest absolute Gasteiger partial charge is 0.444 e. The molecule has 0 radical (unpaired) electrons. The van der Waals surface area contributed by atoms with E-state index >= 15 is 0 Å². The van der Waals surface area contributed by atoms with Crippen molar-refractivity contribution < 1.29 is 18.8 Å². The van der Waals surface area contributed by atoms with Crippen LogP contribution in [0.15, 0.2) is 35.0 Å². The first-order valence-corrected chi connectivity index (χ1v) is 8.55. The summed E-state index contributed by atoms with van der Waals surface area (Å²) < 4.78 is 16.6. The molecule has 6 nitrogen and oxygen atoms in total. The van der Waals surface area contributed by atoms with Crippen molar-refractivity contribution in [3.8, 4) is 11.3 Å². The Hall–Kier alpha value is -2.34. The van der Waals surface area contributed by atoms with Gasteiger partial charge in [-0.25, -0.2) is 4.79 Å². The standard InChI is InChI=1S/C19H24N2O4/c1-19(2,3)24-18(22)20-12-17-15-7-4-6-14(16-9-10-21-25-16)13(15)8-5-11-23-17/h4,6-7,9-10,17H,5,8,11-12H2,1-3H3,(H,20,22). The second kappa shape index (κ2) is 7.27. The van der Waals surface area contributed by atoms with Crippen LogP contribution in [0.2, 0.25) is 0 Å². The summed E-state index contributed by atoms with van der Waals surface area (Å²) in [5, 5.41) is 6.61. The lowest BCUT2D eigenvalue weighted by Crippen LogP contribution is -2.35. The molecule has 2 aromatic rings. The predicted molar refractivity (Wildman–Crippen MR) is 93.2 cm³/mol. The SMILES string of the molecule is CC(C)(C)OC(=O)NCC1OCCCc2c(-c3ccno3)cccc21. The van der Waals surface area contributed by atoms with Gasteiger partial charge in [0.05, 0.1) is 12.7 Å². The predicted octanol–water partition coefficient (Wildman–Crippen LogP) is 3.87. The van der Waals surface area contributed by atoms with Crippen molar-refractivity contribution in [3.63, 3.8) is 0 Å². The maximum absolute atomic E-state index is 11.9. The van der Waals surface area contributed by atoms with Crippen LogP contribution in [0.3, 0.4) is 0 Å². The molecule has 6 heteroatoms. The average molecular weight is 344 g/mol. The molecular weight excluding hydrogens is 320 g/mol. The van der Waals surface area contributed by atoms with Crippen LogP contribution in [0.1, 0.15) is 44.4 Å². The van der Waals surface area contributed by atoms with Crippen molar-refractivity contribution in [1.82, 2.24) is 10.5 Å². The van der Waals surface area contributed by atoms with Gasteiger partial charge in [-0.15, -0.1) is 0 Å². The number of hydrogen-bond donors (Lipinski definition) is 1. The van der Waals surface area contributed by atoms with Crippen LogP contribution in [0.5, 0.6) is 0 Å². The summed E-state index contributed by atoms with van der Waals surface area (Å²) in [6, 6.07) is 7.91. The number of ether oxygens (including phenoxy) is 2. The molecule has 0 bridgehead atoms. The van der Waals surface area contributed by atoms with E-state index in [2.05, 4.69) is 10.5 Å². The Morgan fingerprint density at radius 3 is 2.92 bits per heavy atom. The highest BCUT2D eigenvalue weighted by molar-refractivity contribution is 5.68. The Kier molecular flexibility index (Phi) is 5.08. The van der Waals surface area contributed by atoms with E-state index in [0.717, 1.165) is 29.7 Å². The molecule has 0 fully saturated rings. The van der Waals surface area contributed by atoms with Crippen molar-refractivity contribution >= 4 is 6.09 Å². The number of amides is 1. The van der Waals surface area contributed by atoms with Gasteiger partial charge < -0.3 is 19.3 Å².